The Morgan fingerprint density at radius 3 is 2.07 bits per heavy atom. The maximum Gasteiger partial charge on any atom is 0.313 e. The molecule has 148 valence electrons. The van der Waals surface area contributed by atoms with Gasteiger partial charge in [-0.2, -0.15) is 0 Å². The molecule has 3 rings (SSSR count). The number of amides is 2. The van der Waals surface area contributed by atoms with Gasteiger partial charge in [0.1, 0.15) is 0 Å². The van der Waals surface area contributed by atoms with E-state index in [9.17, 15) is 9.59 Å². The van der Waals surface area contributed by atoms with Crippen LogP contribution in [0.1, 0.15) is 12.8 Å². The highest BCUT2D eigenvalue weighted by Gasteiger charge is 2.27. The van der Waals surface area contributed by atoms with Crippen LogP contribution < -0.4 is 10.2 Å². The lowest BCUT2D eigenvalue weighted by atomic mass is 10.0. The lowest BCUT2D eigenvalue weighted by Gasteiger charge is -2.34. The zero-order valence-corrected chi connectivity index (χ0v) is 16.6. The van der Waals surface area contributed by atoms with E-state index in [0.29, 0.717) is 5.69 Å². The molecule has 2 heterocycles. The minimum Gasteiger partial charge on any atom is -0.369 e. The summed E-state index contributed by atoms with van der Waals surface area (Å²) in [7, 11) is 5.94. The van der Waals surface area contributed by atoms with E-state index in [1.165, 1.54) is 0 Å². The van der Waals surface area contributed by atoms with E-state index < -0.39 is 11.8 Å². The van der Waals surface area contributed by atoms with Gasteiger partial charge in [-0.1, -0.05) is 0 Å². The van der Waals surface area contributed by atoms with Crippen molar-refractivity contribution in [2.45, 2.75) is 18.9 Å². The van der Waals surface area contributed by atoms with Gasteiger partial charge in [-0.15, -0.1) is 0 Å². The van der Waals surface area contributed by atoms with Crippen LogP contribution >= 0.6 is 0 Å². The molecule has 2 aliphatic rings. The third-order valence-corrected chi connectivity index (χ3v) is 5.74. The van der Waals surface area contributed by atoms with Gasteiger partial charge in [0.05, 0.1) is 0 Å². The molecule has 1 N–H and O–H groups in total. The number of carbonyl (C=O) groups is 2. The molecular formula is C20H31N5O2. The number of nitrogens with zero attached hydrogens (tertiary/aromatic N) is 4. The van der Waals surface area contributed by atoms with Crippen LogP contribution in [-0.2, 0) is 9.59 Å². The molecule has 1 aromatic rings. The Labute approximate surface area is 161 Å². The van der Waals surface area contributed by atoms with Crippen LogP contribution in [0.15, 0.2) is 24.3 Å². The van der Waals surface area contributed by atoms with E-state index in [4.69, 9.17) is 0 Å². The molecule has 0 aliphatic carbocycles. The van der Waals surface area contributed by atoms with E-state index in [0.717, 1.165) is 57.8 Å². The number of anilines is 2. The summed E-state index contributed by atoms with van der Waals surface area (Å²) in [6.07, 6.45) is 1.82. The summed E-state index contributed by atoms with van der Waals surface area (Å²) in [5.41, 5.74) is 1.80. The van der Waals surface area contributed by atoms with Gasteiger partial charge in [0, 0.05) is 50.6 Å². The Hall–Kier alpha value is -2.12. The number of benzene rings is 1. The fourth-order valence-electron chi connectivity index (χ4n) is 3.71. The molecule has 0 atom stereocenters. The number of carbonyl (C=O) groups excluding carboxylic acids is 2. The molecule has 0 radical (unpaired) electrons. The predicted molar refractivity (Wildman–Crippen MR) is 108 cm³/mol. The second-order valence-electron chi connectivity index (χ2n) is 7.74. The molecule has 27 heavy (non-hydrogen) atoms. The summed E-state index contributed by atoms with van der Waals surface area (Å²) < 4.78 is 0. The van der Waals surface area contributed by atoms with Crippen molar-refractivity contribution in [2.75, 3.05) is 70.6 Å². The van der Waals surface area contributed by atoms with Crippen molar-refractivity contribution in [2.24, 2.45) is 0 Å². The van der Waals surface area contributed by atoms with Gasteiger partial charge in [0.25, 0.3) is 0 Å². The first-order valence-electron chi connectivity index (χ1n) is 9.74. The molecule has 0 saturated carbocycles. The smallest absolute Gasteiger partial charge is 0.313 e. The number of piperidine rings is 1. The summed E-state index contributed by atoms with van der Waals surface area (Å²) in [6, 6.07) is 7.89. The van der Waals surface area contributed by atoms with Crippen molar-refractivity contribution in [3.63, 3.8) is 0 Å². The van der Waals surface area contributed by atoms with Gasteiger partial charge < -0.3 is 24.9 Å². The highest BCUT2D eigenvalue weighted by atomic mass is 16.2. The standard InChI is InChI=1S/C20H31N5O2/c1-22-10-8-17(9-11-22)24(3)20(27)19(26)21-16-4-6-18(7-5-16)25-14-12-23(2)13-15-25/h4-7,17H,8-15H2,1-3H3,(H,21,26). The molecule has 2 fully saturated rings. The summed E-state index contributed by atoms with van der Waals surface area (Å²) in [4.78, 5) is 33.3. The van der Waals surface area contributed by atoms with E-state index in [1.54, 1.807) is 11.9 Å². The number of nitrogens with one attached hydrogen (secondary N) is 1. The highest BCUT2D eigenvalue weighted by molar-refractivity contribution is 6.39. The molecule has 0 spiro atoms. The fraction of sp³-hybridized carbons (Fsp3) is 0.600. The van der Waals surface area contributed by atoms with E-state index in [1.807, 2.05) is 24.3 Å². The molecular weight excluding hydrogens is 342 g/mol. The van der Waals surface area contributed by atoms with Crippen LogP contribution in [0, 0.1) is 0 Å². The fourth-order valence-corrected chi connectivity index (χ4v) is 3.71. The molecule has 0 bridgehead atoms. The largest absolute Gasteiger partial charge is 0.369 e. The van der Waals surface area contributed by atoms with Crippen LogP contribution in [0.4, 0.5) is 11.4 Å². The highest BCUT2D eigenvalue weighted by Crippen LogP contribution is 2.20. The average Bonchev–Trinajstić information content (AvgIpc) is 2.68. The number of likely N-dealkylation sites (N-methyl/N-ethyl adjacent to an activating group) is 2. The predicted octanol–water partition coefficient (Wildman–Crippen LogP) is 0.930. The van der Waals surface area contributed by atoms with Gasteiger partial charge in [-0.3, -0.25) is 9.59 Å². The number of piperazine rings is 1. The lowest BCUT2D eigenvalue weighted by Crippen LogP contribution is -2.47. The van der Waals surface area contributed by atoms with Crippen molar-refractivity contribution in [3.8, 4) is 0 Å². The van der Waals surface area contributed by atoms with Gasteiger partial charge in [0.2, 0.25) is 0 Å². The zero-order valence-electron chi connectivity index (χ0n) is 16.6. The Morgan fingerprint density at radius 1 is 0.926 bits per heavy atom. The molecule has 0 unspecified atom stereocenters. The average molecular weight is 374 g/mol. The first-order valence-corrected chi connectivity index (χ1v) is 9.74. The van der Waals surface area contributed by atoms with Gasteiger partial charge in [0.15, 0.2) is 0 Å². The van der Waals surface area contributed by atoms with Gasteiger partial charge in [-0.25, -0.2) is 0 Å². The van der Waals surface area contributed by atoms with E-state index in [2.05, 4.69) is 34.1 Å². The topological polar surface area (TPSA) is 59.1 Å². The Balaban J connectivity index is 1.53. The second kappa shape index (κ2) is 8.71. The van der Waals surface area contributed by atoms with Crippen molar-refractivity contribution in [3.05, 3.63) is 24.3 Å². The summed E-state index contributed by atoms with van der Waals surface area (Å²) in [6.45, 7) is 6.02. The van der Waals surface area contributed by atoms with Crippen molar-refractivity contribution in [1.29, 1.82) is 0 Å². The van der Waals surface area contributed by atoms with Crippen molar-refractivity contribution in [1.82, 2.24) is 14.7 Å². The minimum absolute atomic E-state index is 0.138. The maximum absolute atomic E-state index is 12.5. The lowest BCUT2D eigenvalue weighted by molar-refractivity contribution is -0.144. The molecule has 2 amide bonds. The summed E-state index contributed by atoms with van der Waals surface area (Å²) in [5, 5.41) is 2.74. The number of hydrogen-bond donors (Lipinski definition) is 1. The SMILES string of the molecule is CN1CCC(N(C)C(=O)C(=O)Nc2ccc(N3CCN(C)CC3)cc2)CC1. The molecule has 2 saturated heterocycles. The van der Waals surface area contributed by atoms with Crippen LogP contribution in [0.2, 0.25) is 0 Å². The van der Waals surface area contributed by atoms with Crippen LogP contribution in [0.5, 0.6) is 0 Å². The normalized spacial score (nSPS) is 19.7. The zero-order chi connectivity index (χ0) is 19.4. The Kier molecular flexibility index (Phi) is 6.34. The van der Waals surface area contributed by atoms with E-state index in [-0.39, 0.29) is 6.04 Å². The van der Waals surface area contributed by atoms with Gasteiger partial charge in [-0.05, 0) is 64.3 Å². The van der Waals surface area contributed by atoms with Crippen LogP contribution in [0.25, 0.3) is 0 Å². The quantitative estimate of drug-likeness (QED) is 0.799. The monoisotopic (exact) mass is 373 g/mol. The molecule has 2 aliphatic heterocycles. The number of rotatable bonds is 3. The Bertz CT molecular complexity index is 647. The third-order valence-electron chi connectivity index (χ3n) is 5.74. The molecule has 0 aromatic heterocycles. The second-order valence-corrected chi connectivity index (χ2v) is 7.74. The van der Waals surface area contributed by atoms with Crippen molar-refractivity contribution >= 4 is 23.2 Å². The van der Waals surface area contributed by atoms with Crippen LogP contribution in [-0.4, -0.2) is 93.0 Å². The van der Waals surface area contributed by atoms with Crippen LogP contribution in [0.3, 0.4) is 0 Å². The number of hydrogen-bond acceptors (Lipinski definition) is 5. The molecule has 1 aromatic carbocycles. The number of likely N-dealkylation sites (tertiary alicyclic amines) is 1. The molecule has 7 heteroatoms. The first kappa shape index (κ1) is 19.6. The van der Waals surface area contributed by atoms with E-state index >= 15 is 0 Å². The minimum atomic E-state index is -0.566. The first-order chi connectivity index (χ1) is 12.9. The summed E-state index contributed by atoms with van der Waals surface area (Å²) in [5.74, 6) is -1.03. The summed E-state index contributed by atoms with van der Waals surface area (Å²) >= 11 is 0. The molecule has 7 nitrogen and oxygen atoms in total. The Morgan fingerprint density at radius 2 is 1.48 bits per heavy atom. The van der Waals surface area contributed by atoms with Crippen molar-refractivity contribution < 1.29 is 9.59 Å². The maximum atomic E-state index is 12.5. The van der Waals surface area contributed by atoms with Gasteiger partial charge >= 0.3 is 11.8 Å². The third kappa shape index (κ3) is 4.99.